The molecule has 230 valence electrons. The van der Waals surface area contributed by atoms with E-state index in [1.54, 1.807) is 13.0 Å². The van der Waals surface area contributed by atoms with Crippen LogP contribution in [-0.4, -0.2) is 27.5 Å². The number of ether oxygens (including phenoxy) is 2. The summed E-state index contributed by atoms with van der Waals surface area (Å²) in [6.45, 7) is 10.6. The first-order chi connectivity index (χ1) is 21.6. The van der Waals surface area contributed by atoms with E-state index in [0.29, 0.717) is 19.1 Å². The van der Waals surface area contributed by atoms with Crippen LogP contribution in [0.3, 0.4) is 0 Å². The van der Waals surface area contributed by atoms with Crippen molar-refractivity contribution in [2.75, 3.05) is 6.61 Å². The molecule has 2 aromatic heterocycles. The summed E-state index contributed by atoms with van der Waals surface area (Å²) in [7, 11) is 0. The van der Waals surface area contributed by atoms with E-state index in [2.05, 4.69) is 30.3 Å². The molecule has 0 saturated heterocycles. The minimum absolute atomic E-state index is 0.0684. The predicted octanol–water partition coefficient (Wildman–Crippen LogP) is 8.22. The van der Waals surface area contributed by atoms with Gasteiger partial charge in [-0.1, -0.05) is 30.7 Å². The maximum Gasteiger partial charge on any atom is 0.251 e. The Kier molecular flexibility index (Phi) is 7.36. The molecular formula is C39H40N2O4. The highest BCUT2D eigenvalue weighted by atomic mass is 16.5. The zero-order chi connectivity index (χ0) is 31.5. The number of pyridine rings is 2. The minimum atomic E-state index is -0.800. The average Bonchev–Trinajstić information content (AvgIpc) is 2.97. The van der Waals surface area contributed by atoms with Crippen LogP contribution in [-0.2, 0) is 22.5 Å². The summed E-state index contributed by atoms with van der Waals surface area (Å²) in [5.41, 5.74) is 8.11. The number of aromatic nitrogens is 2. The molecule has 1 fully saturated rings. The van der Waals surface area contributed by atoms with E-state index in [4.69, 9.17) is 14.5 Å². The lowest BCUT2D eigenvalue weighted by Gasteiger charge is -2.30. The highest BCUT2D eigenvalue weighted by molar-refractivity contribution is 6.08. The first kappa shape index (κ1) is 29.4. The van der Waals surface area contributed by atoms with E-state index in [0.717, 1.165) is 61.8 Å². The van der Waals surface area contributed by atoms with E-state index < -0.39 is 11.7 Å². The molecule has 1 aliphatic carbocycles. The third-order valence-corrected chi connectivity index (χ3v) is 9.38. The van der Waals surface area contributed by atoms with Crippen LogP contribution in [0.15, 0.2) is 71.7 Å². The summed E-state index contributed by atoms with van der Waals surface area (Å²) < 4.78 is 14.4. The molecule has 0 unspecified atom stereocenters. The van der Waals surface area contributed by atoms with Crippen LogP contribution in [0.1, 0.15) is 86.8 Å². The minimum Gasteiger partial charge on any atom is -0.493 e. The molecule has 1 atom stereocenters. The van der Waals surface area contributed by atoms with Crippen molar-refractivity contribution in [3.63, 3.8) is 0 Å². The molecule has 0 N–H and O–H groups in total. The van der Waals surface area contributed by atoms with Crippen molar-refractivity contribution in [1.29, 1.82) is 0 Å². The number of aryl methyl sites for hydroxylation is 1. The number of benzene rings is 3. The second kappa shape index (κ2) is 11.3. The van der Waals surface area contributed by atoms with Crippen LogP contribution in [0.25, 0.3) is 32.9 Å². The Balaban J connectivity index is 1.49. The number of ketones is 1. The van der Waals surface area contributed by atoms with Gasteiger partial charge in [0, 0.05) is 35.0 Å². The van der Waals surface area contributed by atoms with Crippen LogP contribution >= 0.6 is 0 Å². The van der Waals surface area contributed by atoms with Crippen LogP contribution in [0.2, 0.25) is 0 Å². The maximum absolute atomic E-state index is 13.5. The van der Waals surface area contributed by atoms with Gasteiger partial charge in [-0.15, -0.1) is 0 Å². The molecular weight excluding hydrogens is 560 g/mol. The van der Waals surface area contributed by atoms with E-state index in [-0.39, 0.29) is 11.3 Å². The highest BCUT2D eigenvalue weighted by Gasteiger charge is 2.31. The number of carbonyl (C=O) groups excluding carboxylic acids is 1. The molecule has 0 amide bonds. The van der Waals surface area contributed by atoms with Gasteiger partial charge < -0.3 is 14.0 Å². The van der Waals surface area contributed by atoms with Crippen molar-refractivity contribution < 1.29 is 14.3 Å². The Morgan fingerprint density at radius 1 is 1.07 bits per heavy atom. The molecule has 2 aliphatic rings. The van der Waals surface area contributed by atoms with Crippen LogP contribution in [0.4, 0.5) is 0 Å². The summed E-state index contributed by atoms with van der Waals surface area (Å²) in [5, 5.41) is 1.88. The number of rotatable bonds is 7. The first-order valence-electron chi connectivity index (χ1n) is 16.1. The molecule has 45 heavy (non-hydrogen) atoms. The number of nitrogens with zero attached hydrogens (tertiary/aromatic N) is 2. The third kappa shape index (κ3) is 5.35. The first-order valence-corrected chi connectivity index (χ1v) is 16.1. The molecule has 1 saturated carbocycles. The molecule has 5 aromatic rings. The highest BCUT2D eigenvalue weighted by Crippen LogP contribution is 2.45. The Labute approximate surface area is 264 Å². The number of carbonyl (C=O) groups is 1. The summed E-state index contributed by atoms with van der Waals surface area (Å²) in [6.07, 6.45) is 5.67. The molecule has 6 nitrogen and oxygen atoms in total. The monoisotopic (exact) mass is 600 g/mol. The van der Waals surface area contributed by atoms with Gasteiger partial charge in [0.05, 0.1) is 29.8 Å². The lowest BCUT2D eigenvalue weighted by atomic mass is 9.80. The Hall–Kier alpha value is -4.29. The summed E-state index contributed by atoms with van der Waals surface area (Å²) in [4.78, 5) is 31.8. The Bertz CT molecular complexity index is 2000. The summed E-state index contributed by atoms with van der Waals surface area (Å²) in [5.74, 6) is 1.40. The van der Waals surface area contributed by atoms with Crippen molar-refractivity contribution in [3.05, 3.63) is 105 Å². The second-order valence-corrected chi connectivity index (χ2v) is 13.7. The number of hydrogen-bond donors (Lipinski definition) is 0. The fraction of sp³-hybridized carbons (Fsp3) is 0.359. The number of Topliss-reactive ketones (excluding diaryl/α,β-unsaturated/α-hetero) is 1. The van der Waals surface area contributed by atoms with E-state index in [9.17, 15) is 9.59 Å². The molecule has 0 spiro atoms. The topological polar surface area (TPSA) is 70.4 Å². The third-order valence-electron chi connectivity index (χ3n) is 9.38. The van der Waals surface area contributed by atoms with E-state index in [1.807, 2.05) is 62.7 Å². The fourth-order valence-electron chi connectivity index (χ4n) is 7.00. The lowest BCUT2D eigenvalue weighted by Crippen LogP contribution is -2.27. The van der Waals surface area contributed by atoms with Crippen molar-refractivity contribution in [2.24, 2.45) is 0 Å². The van der Waals surface area contributed by atoms with Crippen LogP contribution < -0.4 is 10.3 Å². The molecule has 6 heteroatoms. The van der Waals surface area contributed by atoms with Gasteiger partial charge in [-0.05, 0) is 117 Å². The second-order valence-electron chi connectivity index (χ2n) is 13.7. The lowest BCUT2D eigenvalue weighted by molar-refractivity contribution is -0.138. The number of fused-ring (bicyclic) bond motifs is 1. The molecule has 3 aromatic carbocycles. The predicted molar refractivity (Wildman–Crippen MR) is 179 cm³/mol. The Morgan fingerprint density at radius 2 is 1.84 bits per heavy atom. The van der Waals surface area contributed by atoms with Gasteiger partial charge >= 0.3 is 0 Å². The van der Waals surface area contributed by atoms with Gasteiger partial charge in [-0.2, -0.15) is 0 Å². The van der Waals surface area contributed by atoms with Crippen molar-refractivity contribution in [1.82, 2.24) is 9.55 Å². The van der Waals surface area contributed by atoms with E-state index >= 15 is 0 Å². The zero-order valence-electron chi connectivity index (χ0n) is 26.8. The van der Waals surface area contributed by atoms with Gasteiger partial charge in [0.1, 0.15) is 11.9 Å². The van der Waals surface area contributed by atoms with Gasteiger partial charge in [-0.25, -0.2) is 0 Å². The van der Waals surface area contributed by atoms with Crippen molar-refractivity contribution in [3.8, 4) is 16.9 Å². The molecule has 0 radical (unpaired) electrons. The maximum atomic E-state index is 13.5. The smallest absolute Gasteiger partial charge is 0.251 e. The normalized spacial score (nSPS) is 15.6. The average molecular weight is 601 g/mol. The van der Waals surface area contributed by atoms with Crippen molar-refractivity contribution in [2.45, 2.75) is 84.5 Å². The number of hydrogen-bond acceptors (Lipinski definition) is 5. The summed E-state index contributed by atoms with van der Waals surface area (Å²) in [6, 6.07) is 20.4. The SMILES string of the molecule is CC(=O)[C@@H](OC(C)(C)C)c1c(C)cc2c(ccc(=O)n2Cc2ccc(C3CCC3)cc2)c1-c1ccc2c3c(ccnc13)CCO2. The fourth-order valence-corrected chi connectivity index (χ4v) is 7.00. The van der Waals surface area contributed by atoms with E-state index in [1.165, 1.54) is 30.4 Å². The Morgan fingerprint density at radius 3 is 2.53 bits per heavy atom. The van der Waals surface area contributed by atoms with Gasteiger partial charge in [0.2, 0.25) is 0 Å². The molecule has 0 bridgehead atoms. The molecule has 7 rings (SSSR count). The molecule has 3 heterocycles. The van der Waals surface area contributed by atoms with Crippen LogP contribution in [0, 0.1) is 6.92 Å². The van der Waals surface area contributed by atoms with Crippen LogP contribution in [0.5, 0.6) is 5.75 Å². The van der Waals surface area contributed by atoms with Crippen molar-refractivity contribution >= 4 is 27.6 Å². The largest absolute Gasteiger partial charge is 0.493 e. The standard InChI is InChI=1S/C39H40N2O4/c1-23-21-31-29(14-16-33(43)41(31)22-25-9-11-27(12-10-25)26-7-6-8-26)36(34(23)38(24(2)42)45-39(3,4)5)30-13-15-32-35-28(18-20-44-32)17-19-40-37(30)35/h9-17,19,21,26,38H,6-8,18,20,22H2,1-5H3/t38-/m1/s1. The zero-order valence-corrected chi connectivity index (χ0v) is 26.8. The molecule has 1 aliphatic heterocycles. The van der Waals surface area contributed by atoms with Gasteiger partial charge in [0.15, 0.2) is 5.78 Å². The summed E-state index contributed by atoms with van der Waals surface area (Å²) >= 11 is 0. The quantitative estimate of drug-likeness (QED) is 0.188. The van der Waals surface area contributed by atoms with Gasteiger partial charge in [-0.3, -0.25) is 14.6 Å². The van der Waals surface area contributed by atoms with Gasteiger partial charge in [0.25, 0.3) is 5.56 Å².